The monoisotopic (exact) mass is 283 g/mol. The van der Waals surface area contributed by atoms with Gasteiger partial charge in [-0.25, -0.2) is 13.4 Å². The highest BCUT2D eigenvalue weighted by molar-refractivity contribution is 7.89. The average Bonchev–Trinajstić information content (AvgIpc) is 2.11. The number of sulfonamides is 1. The topological polar surface area (TPSA) is 75.4 Å². The second-order valence-electron chi connectivity index (χ2n) is 3.26. The van der Waals surface area contributed by atoms with Crippen molar-refractivity contribution in [1.82, 2.24) is 9.84 Å². The standard InChI is InChI=1S/C8H11Cl2N3O2S/c1-13(2)12-16(14,15)6-4-3-5(9)8(11)7(6)10/h3-4,12H,11H2,1-2H3. The fourth-order valence-electron chi connectivity index (χ4n) is 1.05. The normalized spacial score (nSPS) is 12.1. The Bertz CT molecular complexity index is 502. The van der Waals surface area contributed by atoms with E-state index in [0.717, 1.165) is 0 Å². The van der Waals surface area contributed by atoms with Crippen LogP contribution in [0.5, 0.6) is 0 Å². The van der Waals surface area contributed by atoms with Crippen molar-refractivity contribution in [2.45, 2.75) is 4.90 Å². The van der Waals surface area contributed by atoms with E-state index in [2.05, 4.69) is 4.83 Å². The zero-order chi connectivity index (χ0) is 12.5. The van der Waals surface area contributed by atoms with E-state index in [4.69, 9.17) is 28.9 Å². The summed E-state index contributed by atoms with van der Waals surface area (Å²) in [6.45, 7) is 0. The first-order valence-electron chi connectivity index (χ1n) is 4.19. The summed E-state index contributed by atoms with van der Waals surface area (Å²) < 4.78 is 23.6. The zero-order valence-electron chi connectivity index (χ0n) is 8.66. The predicted octanol–water partition coefficient (Wildman–Crippen LogP) is 1.33. The molecule has 1 aromatic carbocycles. The Morgan fingerprint density at radius 3 is 2.38 bits per heavy atom. The van der Waals surface area contributed by atoms with Crippen LogP contribution in [0.25, 0.3) is 0 Å². The molecular formula is C8H11Cl2N3O2S. The van der Waals surface area contributed by atoms with Crippen LogP contribution in [0.4, 0.5) is 5.69 Å². The van der Waals surface area contributed by atoms with Crippen molar-refractivity contribution < 1.29 is 8.42 Å². The third-order valence-electron chi connectivity index (χ3n) is 1.68. The summed E-state index contributed by atoms with van der Waals surface area (Å²) in [4.78, 5) is 2.14. The summed E-state index contributed by atoms with van der Waals surface area (Å²) in [5.74, 6) is 0. The van der Waals surface area contributed by atoms with Crippen molar-refractivity contribution in [2.24, 2.45) is 0 Å². The molecule has 0 atom stereocenters. The lowest BCUT2D eigenvalue weighted by molar-refractivity contribution is 0.364. The van der Waals surface area contributed by atoms with Gasteiger partial charge in [-0.2, -0.15) is 0 Å². The molecule has 0 aromatic heterocycles. The molecule has 1 rings (SSSR count). The van der Waals surface area contributed by atoms with Gasteiger partial charge in [0.1, 0.15) is 4.90 Å². The van der Waals surface area contributed by atoms with Gasteiger partial charge < -0.3 is 5.73 Å². The summed E-state index contributed by atoms with van der Waals surface area (Å²) in [5.41, 5.74) is 5.59. The van der Waals surface area contributed by atoms with Crippen LogP contribution in [-0.2, 0) is 10.0 Å². The minimum absolute atomic E-state index is 0.0463. The minimum Gasteiger partial charge on any atom is -0.396 e. The molecule has 5 nitrogen and oxygen atoms in total. The number of hydrogen-bond acceptors (Lipinski definition) is 4. The highest BCUT2D eigenvalue weighted by atomic mass is 35.5. The van der Waals surface area contributed by atoms with Gasteiger partial charge in [0.2, 0.25) is 0 Å². The van der Waals surface area contributed by atoms with Gasteiger partial charge in [0.15, 0.2) is 0 Å². The smallest absolute Gasteiger partial charge is 0.255 e. The van der Waals surface area contributed by atoms with Crippen molar-refractivity contribution >= 4 is 38.9 Å². The zero-order valence-corrected chi connectivity index (χ0v) is 11.0. The van der Waals surface area contributed by atoms with Crippen molar-refractivity contribution in [1.29, 1.82) is 0 Å². The summed E-state index contributed by atoms with van der Waals surface area (Å²) >= 11 is 11.5. The quantitative estimate of drug-likeness (QED) is 0.648. The van der Waals surface area contributed by atoms with Crippen LogP contribution in [-0.4, -0.2) is 27.5 Å². The van der Waals surface area contributed by atoms with Crippen LogP contribution >= 0.6 is 23.2 Å². The Morgan fingerprint density at radius 2 is 1.88 bits per heavy atom. The van der Waals surface area contributed by atoms with Gasteiger partial charge in [0.05, 0.1) is 15.7 Å². The molecule has 90 valence electrons. The number of nitrogens with zero attached hydrogens (tertiary/aromatic N) is 1. The number of nitrogens with one attached hydrogen (secondary N) is 1. The fraction of sp³-hybridized carbons (Fsp3) is 0.250. The van der Waals surface area contributed by atoms with Crippen LogP contribution in [0.15, 0.2) is 17.0 Å². The highest BCUT2D eigenvalue weighted by Gasteiger charge is 2.21. The first kappa shape index (κ1) is 13.5. The van der Waals surface area contributed by atoms with E-state index in [-0.39, 0.29) is 20.6 Å². The Kier molecular flexibility index (Phi) is 4.03. The van der Waals surface area contributed by atoms with Gasteiger partial charge in [0.25, 0.3) is 10.0 Å². The van der Waals surface area contributed by atoms with Gasteiger partial charge in [-0.3, -0.25) is 0 Å². The van der Waals surface area contributed by atoms with Gasteiger partial charge in [-0.15, -0.1) is 4.83 Å². The molecule has 0 saturated heterocycles. The van der Waals surface area contributed by atoms with Crippen LogP contribution < -0.4 is 10.6 Å². The van der Waals surface area contributed by atoms with Crippen molar-refractivity contribution in [2.75, 3.05) is 19.8 Å². The molecular weight excluding hydrogens is 273 g/mol. The number of anilines is 1. The maximum atomic E-state index is 11.8. The maximum absolute atomic E-state index is 11.8. The van der Waals surface area contributed by atoms with Gasteiger partial charge >= 0.3 is 0 Å². The van der Waals surface area contributed by atoms with E-state index in [9.17, 15) is 8.42 Å². The van der Waals surface area contributed by atoms with Crippen molar-refractivity contribution in [3.8, 4) is 0 Å². The Morgan fingerprint density at radius 1 is 1.31 bits per heavy atom. The van der Waals surface area contributed by atoms with Crippen molar-refractivity contribution in [3.63, 3.8) is 0 Å². The van der Waals surface area contributed by atoms with E-state index in [1.165, 1.54) is 17.1 Å². The molecule has 16 heavy (non-hydrogen) atoms. The first-order valence-corrected chi connectivity index (χ1v) is 6.43. The van der Waals surface area contributed by atoms with Gasteiger partial charge in [-0.05, 0) is 12.1 Å². The molecule has 8 heteroatoms. The predicted molar refractivity (Wildman–Crippen MR) is 64.9 cm³/mol. The van der Waals surface area contributed by atoms with E-state index < -0.39 is 10.0 Å². The first-order chi connectivity index (χ1) is 7.25. The molecule has 0 heterocycles. The second-order valence-corrected chi connectivity index (χ2v) is 5.68. The number of benzene rings is 1. The Balaban J connectivity index is 3.30. The second kappa shape index (κ2) is 4.77. The van der Waals surface area contributed by atoms with Gasteiger partial charge in [-0.1, -0.05) is 23.2 Å². The minimum atomic E-state index is -3.72. The fourth-order valence-corrected chi connectivity index (χ4v) is 2.89. The van der Waals surface area contributed by atoms with E-state index in [1.54, 1.807) is 14.1 Å². The van der Waals surface area contributed by atoms with Gasteiger partial charge in [0, 0.05) is 14.1 Å². The molecule has 0 radical (unpaired) electrons. The van der Waals surface area contributed by atoms with Crippen LogP contribution in [0.1, 0.15) is 0 Å². The van der Waals surface area contributed by atoms with Crippen LogP contribution in [0.3, 0.4) is 0 Å². The molecule has 0 unspecified atom stereocenters. The lowest BCUT2D eigenvalue weighted by Crippen LogP contribution is -2.36. The largest absolute Gasteiger partial charge is 0.396 e. The van der Waals surface area contributed by atoms with Crippen molar-refractivity contribution in [3.05, 3.63) is 22.2 Å². The average molecular weight is 284 g/mol. The number of hydrazine groups is 1. The molecule has 0 aliphatic carbocycles. The third kappa shape index (κ3) is 2.78. The maximum Gasteiger partial charge on any atom is 0.255 e. The molecule has 0 saturated carbocycles. The van der Waals surface area contributed by atoms with E-state index in [0.29, 0.717) is 0 Å². The summed E-state index contributed by atoms with van der Waals surface area (Å²) in [5, 5.41) is 1.42. The number of nitrogens with two attached hydrogens (primary N) is 1. The lowest BCUT2D eigenvalue weighted by atomic mass is 10.3. The molecule has 0 bridgehead atoms. The van der Waals surface area contributed by atoms with Crippen LogP contribution in [0, 0.1) is 0 Å². The molecule has 0 spiro atoms. The Labute approximate surface area is 104 Å². The molecule has 0 aliphatic rings. The lowest BCUT2D eigenvalue weighted by Gasteiger charge is -2.14. The number of halogens is 2. The number of hydrogen-bond donors (Lipinski definition) is 2. The third-order valence-corrected chi connectivity index (χ3v) is 4.06. The molecule has 3 N–H and O–H groups in total. The number of nitrogen functional groups attached to an aromatic ring is 1. The highest BCUT2D eigenvalue weighted by Crippen LogP contribution is 2.32. The SMILES string of the molecule is CN(C)NS(=O)(=O)c1ccc(Cl)c(N)c1Cl. The summed E-state index contributed by atoms with van der Waals surface area (Å²) in [7, 11) is -0.631. The number of rotatable bonds is 3. The van der Waals surface area contributed by atoms with E-state index in [1.807, 2.05) is 0 Å². The molecule has 0 aliphatic heterocycles. The summed E-state index contributed by atoms with van der Waals surface area (Å²) in [6, 6.07) is 2.68. The molecule has 0 fully saturated rings. The summed E-state index contributed by atoms with van der Waals surface area (Å²) in [6.07, 6.45) is 0. The van der Waals surface area contributed by atoms with E-state index >= 15 is 0 Å². The molecule has 1 aromatic rings. The Hall–Kier alpha value is -0.530. The molecule has 0 amide bonds. The van der Waals surface area contributed by atoms with Crippen LogP contribution in [0.2, 0.25) is 10.0 Å².